The topological polar surface area (TPSA) is 72.6 Å². The van der Waals surface area contributed by atoms with Crippen LogP contribution in [-0.4, -0.2) is 45.6 Å². The van der Waals surface area contributed by atoms with E-state index in [2.05, 4.69) is 15.3 Å². The molecule has 0 N–H and O–H groups in total. The van der Waals surface area contributed by atoms with Gasteiger partial charge in [0.05, 0.1) is 12.9 Å². The van der Waals surface area contributed by atoms with Crippen LogP contribution in [0.2, 0.25) is 0 Å². The Bertz CT molecular complexity index is 591. The van der Waals surface area contributed by atoms with Crippen LogP contribution in [0.1, 0.15) is 0 Å². The lowest BCUT2D eigenvalue weighted by molar-refractivity contribution is 0.101. The van der Waals surface area contributed by atoms with Crippen molar-refractivity contribution in [2.24, 2.45) is 4.99 Å². The third-order valence-corrected chi connectivity index (χ3v) is 2.41. The highest BCUT2D eigenvalue weighted by Crippen LogP contribution is 2.08. The second kappa shape index (κ2) is 3.85. The van der Waals surface area contributed by atoms with Gasteiger partial charge in [-0.3, -0.25) is 14.7 Å². The smallest absolute Gasteiger partial charge is 0.297 e. The maximum atomic E-state index is 11.7. The van der Waals surface area contributed by atoms with Gasteiger partial charge in [-0.05, 0) is 17.3 Å². The van der Waals surface area contributed by atoms with Crippen molar-refractivity contribution in [1.82, 2.24) is 20.1 Å². The summed E-state index contributed by atoms with van der Waals surface area (Å²) in [5.41, 5.74) is 1.33. The van der Waals surface area contributed by atoms with E-state index in [1.165, 1.54) is 11.2 Å². The molecular formula is C10H9N5O2. The molecule has 7 nitrogen and oxygen atoms in total. The van der Waals surface area contributed by atoms with Crippen molar-refractivity contribution in [2.75, 3.05) is 13.1 Å². The number of benzene rings is 1. The van der Waals surface area contributed by atoms with Gasteiger partial charge in [0.2, 0.25) is 0 Å². The van der Waals surface area contributed by atoms with Crippen molar-refractivity contribution in [3.63, 3.8) is 0 Å². The molecule has 0 atom stereocenters. The first-order valence-electron chi connectivity index (χ1n) is 5.14. The normalized spacial score (nSPS) is 14.5. The number of para-hydroxylation sites is 1. The van der Waals surface area contributed by atoms with Gasteiger partial charge in [0.15, 0.2) is 0 Å². The molecule has 2 heterocycles. The second-order valence-corrected chi connectivity index (χ2v) is 3.52. The summed E-state index contributed by atoms with van der Waals surface area (Å²) in [4.78, 5) is 23.2. The van der Waals surface area contributed by atoms with E-state index >= 15 is 0 Å². The van der Waals surface area contributed by atoms with Gasteiger partial charge in [0, 0.05) is 6.54 Å². The standard InChI is InChI=1S/C10H9N5O2/c16-10(14-6-5-11-7-14)17-15-9-4-2-1-3-8(9)12-13-15/h1-4,7H,5-6H2. The average Bonchev–Trinajstić information content (AvgIpc) is 2.98. The fraction of sp³-hybridized carbons (Fsp3) is 0.200. The Morgan fingerprint density at radius 1 is 1.35 bits per heavy atom. The van der Waals surface area contributed by atoms with Crippen molar-refractivity contribution >= 4 is 23.5 Å². The lowest BCUT2D eigenvalue weighted by Crippen LogP contribution is -2.35. The summed E-state index contributed by atoms with van der Waals surface area (Å²) in [6, 6.07) is 7.24. The molecule has 0 spiro atoms. The highest BCUT2D eigenvalue weighted by molar-refractivity contribution is 5.84. The molecular weight excluding hydrogens is 222 g/mol. The largest absolute Gasteiger partial charge is 0.441 e. The van der Waals surface area contributed by atoms with E-state index in [9.17, 15) is 4.79 Å². The number of hydrogen-bond donors (Lipinski definition) is 0. The van der Waals surface area contributed by atoms with Crippen molar-refractivity contribution in [3.05, 3.63) is 24.3 Å². The lowest BCUT2D eigenvalue weighted by atomic mass is 10.3. The Labute approximate surface area is 96.2 Å². The van der Waals surface area contributed by atoms with E-state index in [4.69, 9.17) is 4.84 Å². The van der Waals surface area contributed by atoms with Crippen molar-refractivity contribution in [2.45, 2.75) is 0 Å². The number of hydrogen-bond acceptors (Lipinski definition) is 5. The summed E-state index contributed by atoms with van der Waals surface area (Å²) >= 11 is 0. The summed E-state index contributed by atoms with van der Waals surface area (Å²) in [7, 11) is 0. The first kappa shape index (κ1) is 9.76. The lowest BCUT2D eigenvalue weighted by Gasteiger charge is -2.10. The van der Waals surface area contributed by atoms with Crippen LogP contribution in [0.15, 0.2) is 29.3 Å². The van der Waals surface area contributed by atoms with Crippen LogP contribution >= 0.6 is 0 Å². The van der Waals surface area contributed by atoms with Crippen LogP contribution in [0, 0.1) is 0 Å². The van der Waals surface area contributed by atoms with Crippen molar-refractivity contribution < 1.29 is 9.63 Å². The number of carbonyl (C=O) groups excluding carboxylic acids is 1. The van der Waals surface area contributed by atoms with Crippen molar-refractivity contribution in [3.8, 4) is 0 Å². The van der Waals surface area contributed by atoms with Gasteiger partial charge in [0.25, 0.3) is 0 Å². The van der Waals surface area contributed by atoms with E-state index in [-0.39, 0.29) is 0 Å². The summed E-state index contributed by atoms with van der Waals surface area (Å²) in [6.45, 7) is 1.14. The highest BCUT2D eigenvalue weighted by atomic mass is 16.7. The predicted molar refractivity (Wildman–Crippen MR) is 59.6 cm³/mol. The zero-order chi connectivity index (χ0) is 11.7. The monoisotopic (exact) mass is 231 g/mol. The maximum Gasteiger partial charge on any atom is 0.441 e. The molecule has 2 aromatic rings. The molecule has 0 aliphatic carbocycles. The molecule has 7 heteroatoms. The number of fused-ring (bicyclic) bond motifs is 1. The predicted octanol–water partition coefficient (Wildman–Crippen LogP) is 0.324. The molecule has 1 aliphatic rings. The molecule has 0 radical (unpaired) electrons. The Morgan fingerprint density at radius 2 is 2.24 bits per heavy atom. The van der Waals surface area contributed by atoms with Crippen LogP contribution in [0.25, 0.3) is 11.0 Å². The molecule has 17 heavy (non-hydrogen) atoms. The quantitative estimate of drug-likeness (QED) is 0.663. The molecule has 0 fully saturated rings. The van der Waals surface area contributed by atoms with Crippen LogP contribution in [0.3, 0.4) is 0 Å². The van der Waals surface area contributed by atoms with Gasteiger partial charge in [0.1, 0.15) is 11.0 Å². The molecule has 3 rings (SSSR count). The van der Waals surface area contributed by atoms with E-state index in [1.54, 1.807) is 12.1 Å². The van der Waals surface area contributed by atoms with Gasteiger partial charge in [-0.2, -0.15) is 0 Å². The zero-order valence-corrected chi connectivity index (χ0v) is 8.85. The zero-order valence-electron chi connectivity index (χ0n) is 8.85. The molecule has 0 saturated heterocycles. The fourth-order valence-corrected chi connectivity index (χ4v) is 1.56. The molecule has 0 bridgehead atoms. The van der Waals surface area contributed by atoms with Crippen LogP contribution in [0.5, 0.6) is 0 Å². The fourth-order valence-electron chi connectivity index (χ4n) is 1.56. The summed E-state index contributed by atoms with van der Waals surface area (Å²) in [5.74, 6) is 0. The Morgan fingerprint density at radius 3 is 3.06 bits per heavy atom. The minimum atomic E-state index is -0.512. The van der Waals surface area contributed by atoms with Gasteiger partial charge in [-0.1, -0.05) is 17.0 Å². The number of carbonyl (C=O) groups is 1. The minimum absolute atomic E-state index is 0.512. The number of rotatable bonds is 1. The van der Waals surface area contributed by atoms with Crippen LogP contribution in [-0.2, 0) is 0 Å². The third kappa shape index (κ3) is 1.71. The van der Waals surface area contributed by atoms with E-state index < -0.39 is 6.09 Å². The maximum absolute atomic E-state index is 11.7. The minimum Gasteiger partial charge on any atom is -0.297 e. The molecule has 1 aromatic carbocycles. The van der Waals surface area contributed by atoms with E-state index in [1.807, 2.05) is 12.1 Å². The second-order valence-electron chi connectivity index (χ2n) is 3.52. The summed E-state index contributed by atoms with van der Waals surface area (Å²) < 4.78 is 0. The van der Waals surface area contributed by atoms with E-state index in [0.717, 1.165) is 4.85 Å². The Kier molecular flexibility index (Phi) is 2.21. The highest BCUT2D eigenvalue weighted by Gasteiger charge is 2.18. The van der Waals surface area contributed by atoms with E-state index in [0.29, 0.717) is 24.1 Å². The first-order valence-corrected chi connectivity index (χ1v) is 5.14. The van der Waals surface area contributed by atoms with Gasteiger partial charge < -0.3 is 0 Å². The van der Waals surface area contributed by atoms with Gasteiger partial charge in [-0.15, -0.1) is 5.10 Å². The third-order valence-electron chi connectivity index (χ3n) is 2.41. The number of aliphatic imine (C=N–C) groups is 1. The molecule has 1 aromatic heterocycles. The molecule has 1 amide bonds. The van der Waals surface area contributed by atoms with Crippen LogP contribution < -0.4 is 4.84 Å². The first-order chi connectivity index (χ1) is 8.34. The number of amides is 1. The molecule has 0 unspecified atom stereocenters. The summed E-state index contributed by atoms with van der Waals surface area (Å²) in [6.07, 6.45) is 0.948. The van der Waals surface area contributed by atoms with Crippen molar-refractivity contribution in [1.29, 1.82) is 0 Å². The van der Waals surface area contributed by atoms with Crippen LogP contribution in [0.4, 0.5) is 4.79 Å². The average molecular weight is 231 g/mol. The Balaban J connectivity index is 1.85. The SMILES string of the molecule is O=C(On1nnc2ccccc21)N1C=NCC1. The molecule has 0 saturated carbocycles. The molecule has 1 aliphatic heterocycles. The van der Waals surface area contributed by atoms with Gasteiger partial charge in [-0.25, -0.2) is 4.79 Å². The molecule has 86 valence electrons. The Hall–Kier alpha value is -2.44. The number of aromatic nitrogens is 3. The summed E-state index contributed by atoms with van der Waals surface area (Å²) in [5, 5.41) is 7.64. The number of nitrogens with zero attached hydrogens (tertiary/aromatic N) is 5. The van der Waals surface area contributed by atoms with Gasteiger partial charge >= 0.3 is 6.09 Å².